The minimum absolute atomic E-state index is 0.292. The van der Waals surface area contributed by atoms with Crippen LogP contribution in [0.2, 0.25) is 0 Å². The van der Waals surface area contributed by atoms with Crippen molar-refractivity contribution in [2.75, 3.05) is 18.3 Å². The van der Waals surface area contributed by atoms with Crippen molar-refractivity contribution in [3.05, 3.63) is 35.4 Å². The van der Waals surface area contributed by atoms with Crippen molar-refractivity contribution in [2.45, 2.75) is 13.0 Å². The van der Waals surface area contributed by atoms with Gasteiger partial charge in [0.15, 0.2) is 0 Å². The summed E-state index contributed by atoms with van der Waals surface area (Å²) >= 11 is 11.4. The molecule has 1 rings (SSSR count). The predicted molar refractivity (Wildman–Crippen MR) is 77.8 cm³/mol. The van der Waals surface area contributed by atoms with E-state index in [1.54, 1.807) is 0 Å². The predicted octanol–water partition coefficient (Wildman–Crippen LogP) is 1.70. The van der Waals surface area contributed by atoms with E-state index >= 15 is 0 Å². The third kappa shape index (κ3) is 4.63. The highest BCUT2D eigenvalue weighted by atomic mass is 35.5. The lowest BCUT2D eigenvalue weighted by molar-refractivity contribution is 0.431. The molecule has 0 unspecified atom stereocenters. The topological polar surface area (TPSA) is 67.6 Å². The molecule has 0 aliphatic heterocycles. The molecule has 1 aromatic carbocycles. The number of halogens is 2. The van der Waals surface area contributed by atoms with Crippen molar-refractivity contribution < 1.29 is 0 Å². The highest BCUT2D eigenvalue weighted by molar-refractivity contribution is 6.18. The summed E-state index contributed by atoms with van der Waals surface area (Å²) in [5.41, 5.74) is 8.05. The maximum absolute atomic E-state index is 5.72. The van der Waals surface area contributed by atoms with Crippen LogP contribution in [-0.2, 0) is 13.0 Å². The van der Waals surface area contributed by atoms with Crippen LogP contribution in [-0.4, -0.2) is 29.2 Å². The summed E-state index contributed by atoms with van der Waals surface area (Å²) in [5, 5.41) is 3.49. The largest absolute Gasteiger partial charge is 0.368 e. The van der Waals surface area contributed by atoms with Crippen LogP contribution in [0.4, 0.5) is 0 Å². The standard InChI is InChI=1S/C12H18Cl2N4/c13-6-5-10-1-3-11(4-2-10)9-18(8-7-14)12(15)17-16/h1-4H,5-9,16H2,(H2,15,17). The summed E-state index contributed by atoms with van der Waals surface area (Å²) in [4.78, 5) is 1.84. The monoisotopic (exact) mass is 288 g/mol. The van der Waals surface area contributed by atoms with E-state index in [9.17, 15) is 0 Å². The number of guanidine groups is 1. The van der Waals surface area contributed by atoms with Gasteiger partial charge in [0.25, 0.3) is 0 Å². The van der Waals surface area contributed by atoms with Crippen molar-refractivity contribution in [2.24, 2.45) is 16.7 Å². The second kappa shape index (κ2) is 8.06. The minimum atomic E-state index is 0.292. The molecule has 0 bridgehead atoms. The normalized spacial score (nSPS) is 11.6. The SMILES string of the molecule is NN=C(N)N(CCCl)Cc1ccc(CCCl)cc1. The molecule has 0 fully saturated rings. The molecule has 0 saturated carbocycles. The van der Waals surface area contributed by atoms with Crippen molar-refractivity contribution in [1.29, 1.82) is 0 Å². The van der Waals surface area contributed by atoms with E-state index in [1.807, 2.05) is 17.0 Å². The second-order valence-electron chi connectivity index (χ2n) is 3.85. The molecule has 18 heavy (non-hydrogen) atoms. The van der Waals surface area contributed by atoms with Crippen LogP contribution in [0.3, 0.4) is 0 Å². The molecule has 0 atom stereocenters. The summed E-state index contributed by atoms with van der Waals surface area (Å²) in [6.07, 6.45) is 0.875. The Bertz CT molecular complexity index is 378. The van der Waals surface area contributed by atoms with Gasteiger partial charge in [-0.2, -0.15) is 0 Å². The van der Waals surface area contributed by atoms with Crippen molar-refractivity contribution in [1.82, 2.24) is 4.90 Å². The first kappa shape index (κ1) is 14.9. The first-order valence-corrected chi connectivity index (χ1v) is 6.76. The van der Waals surface area contributed by atoms with Gasteiger partial charge in [0.1, 0.15) is 0 Å². The fraction of sp³-hybridized carbons (Fsp3) is 0.417. The van der Waals surface area contributed by atoms with Crippen LogP contribution in [0.5, 0.6) is 0 Å². The summed E-state index contributed by atoms with van der Waals surface area (Å²) in [7, 11) is 0. The second-order valence-corrected chi connectivity index (χ2v) is 4.61. The number of hydrazone groups is 1. The van der Waals surface area contributed by atoms with Crippen LogP contribution < -0.4 is 11.6 Å². The van der Waals surface area contributed by atoms with Crippen LogP contribution in [0, 0.1) is 0 Å². The molecular formula is C12H18Cl2N4. The van der Waals surface area contributed by atoms with E-state index in [2.05, 4.69) is 17.2 Å². The summed E-state index contributed by atoms with van der Waals surface area (Å²) in [6, 6.07) is 8.22. The molecule has 100 valence electrons. The molecule has 4 nitrogen and oxygen atoms in total. The molecule has 0 heterocycles. The van der Waals surface area contributed by atoms with Crippen molar-refractivity contribution >= 4 is 29.2 Å². The number of hydrogen-bond donors (Lipinski definition) is 2. The molecule has 6 heteroatoms. The Hall–Kier alpha value is -1.13. The third-order valence-electron chi connectivity index (χ3n) is 2.59. The van der Waals surface area contributed by atoms with Crippen LogP contribution in [0.1, 0.15) is 11.1 Å². The van der Waals surface area contributed by atoms with Gasteiger partial charge in [0, 0.05) is 24.8 Å². The smallest absolute Gasteiger partial charge is 0.213 e. The van der Waals surface area contributed by atoms with Gasteiger partial charge in [-0.15, -0.1) is 28.3 Å². The van der Waals surface area contributed by atoms with E-state index in [-0.39, 0.29) is 0 Å². The summed E-state index contributed by atoms with van der Waals surface area (Å²) < 4.78 is 0. The summed E-state index contributed by atoms with van der Waals surface area (Å²) in [5.74, 6) is 6.58. The van der Waals surface area contributed by atoms with E-state index in [1.165, 1.54) is 5.56 Å². The molecular weight excluding hydrogens is 271 g/mol. The number of benzene rings is 1. The first-order chi connectivity index (χ1) is 8.71. The Kier molecular flexibility index (Phi) is 6.68. The van der Waals surface area contributed by atoms with Gasteiger partial charge in [-0.1, -0.05) is 24.3 Å². The van der Waals surface area contributed by atoms with Gasteiger partial charge in [-0.25, -0.2) is 0 Å². The number of aryl methyl sites for hydroxylation is 1. The molecule has 0 amide bonds. The quantitative estimate of drug-likeness (QED) is 0.275. The van der Waals surface area contributed by atoms with E-state index in [4.69, 9.17) is 34.8 Å². The Morgan fingerprint density at radius 3 is 2.22 bits per heavy atom. The zero-order chi connectivity index (χ0) is 13.4. The zero-order valence-corrected chi connectivity index (χ0v) is 11.7. The van der Waals surface area contributed by atoms with Crippen LogP contribution in [0.25, 0.3) is 0 Å². The Morgan fingerprint density at radius 2 is 1.72 bits per heavy atom. The van der Waals surface area contributed by atoms with Gasteiger partial charge in [-0.3, -0.25) is 0 Å². The number of alkyl halides is 2. The average molecular weight is 289 g/mol. The van der Waals surface area contributed by atoms with Crippen LogP contribution >= 0.6 is 23.2 Å². The highest BCUT2D eigenvalue weighted by Crippen LogP contribution is 2.09. The van der Waals surface area contributed by atoms with Gasteiger partial charge >= 0.3 is 0 Å². The molecule has 0 aromatic heterocycles. The average Bonchev–Trinajstić information content (AvgIpc) is 2.40. The molecule has 0 saturated heterocycles. The maximum Gasteiger partial charge on any atom is 0.213 e. The lowest BCUT2D eigenvalue weighted by Crippen LogP contribution is -2.38. The first-order valence-electron chi connectivity index (χ1n) is 5.69. The maximum atomic E-state index is 5.72. The third-order valence-corrected chi connectivity index (χ3v) is 2.95. The Labute approximate surface area is 118 Å². The van der Waals surface area contributed by atoms with Gasteiger partial charge in [-0.05, 0) is 17.5 Å². The summed E-state index contributed by atoms with van der Waals surface area (Å²) in [6.45, 7) is 1.25. The Morgan fingerprint density at radius 1 is 1.11 bits per heavy atom. The molecule has 4 N–H and O–H groups in total. The number of rotatable bonds is 6. The van der Waals surface area contributed by atoms with Gasteiger partial charge in [0.2, 0.25) is 5.96 Å². The van der Waals surface area contributed by atoms with Gasteiger partial charge < -0.3 is 16.5 Å². The highest BCUT2D eigenvalue weighted by Gasteiger charge is 2.08. The number of nitrogens with two attached hydrogens (primary N) is 2. The fourth-order valence-corrected chi connectivity index (χ4v) is 2.02. The lowest BCUT2D eigenvalue weighted by Gasteiger charge is -2.22. The Balaban J connectivity index is 2.68. The molecule has 1 aromatic rings. The van der Waals surface area contributed by atoms with Crippen molar-refractivity contribution in [3.63, 3.8) is 0 Å². The molecule has 0 spiro atoms. The van der Waals surface area contributed by atoms with Crippen molar-refractivity contribution in [3.8, 4) is 0 Å². The zero-order valence-electron chi connectivity index (χ0n) is 10.1. The van der Waals surface area contributed by atoms with E-state index in [0.717, 1.165) is 12.0 Å². The molecule has 0 radical (unpaired) electrons. The van der Waals surface area contributed by atoms with E-state index in [0.29, 0.717) is 30.8 Å². The molecule has 0 aliphatic rings. The fourth-order valence-electron chi connectivity index (χ4n) is 1.60. The van der Waals surface area contributed by atoms with Gasteiger partial charge in [0.05, 0.1) is 0 Å². The molecule has 0 aliphatic carbocycles. The van der Waals surface area contributed by atoms with E-state index < -0.39 is 0 Å². The number of nitrogens with zero attached hydrogens (tertiary/aromatic N) is 2. The number of hydrogen-bond acceptors (Lipinski definition) is 2. The minimum Gasteiger partial charge on any atom is -0.368 e. The van der Waals surface area contributed by atoms with Crippen LogP contribution in [0.15, 0.2) is 29.4 Å². The lowest BCUT2D eigenvalue weighted by atomic mass is 10.1.